The number of benzene rings is 2. The van der Waals surface area contributed by atoms with E-state index in [4.69, 9.17) is 4.74 Å². The van der Waals surface area contributed by atoms with Crippen LogP contribution in [0.4, 0.5) is 11.4 Å². The molecule has 208 valence electrons. The number of carbonyl (C=O) groups excluding carboxylic acids is 4. The molecule has 1 saturated carbocycles. The molecular formula is C31H24N6O5. The van der Waals surface area contributed by atoms with E-state index < -0.39 is 5.97 Å². The number of carbonyl (C=O) groups is 4. The van der Waals surface area contributed by atoms with Crippen molar-refractivity contribution in [1.29, 1.82) is 0 Å². The van der Waals surface area contributed by atoms with Crippen LogP contribution in [0.15, 0.2) is 66.4 Å². The van der Waals surface area contributed by atoms with Gasteiger partial charge in [0.1, 0.15) is 17.1 Å². The van der Waals surface area contributed by atoms with E-state index in [9.17, 15) is 19.2 Å². The van der Waals surface area contributed by atoms with E-state index in [1.54, 1.807) is 60.7 Å². The number of aromatic nitrogens is 3. The first-order valence-corrected chi connectivity index (χ1v) is 13.5. The molecule has 2 aliphatic carbocycles. The molecule has 42 heavy (non-hydrogen) atoms. The van der Waals surface area contributed by atoms with Crippen molar-refractivity contribution in [3.05, 3.63) is 94.7 Å². The van der Waals surface area contributed by atoms with E-state index in [-0.39, 0.29) is 23.0 Å². The van der Waals surface area contributed by atoms with Gasteiger partial charge in [0.25, 0.3) is 11.8 Å². The molecule has 2 aromatic carbocycles. The zero-order valence-electron chi connectivity index (χ0n) is 22.3. The number of H-pyrrole nitrogens is 3. The summed E-state index contributed by atoms with van der Waals surface area (Å²) >= 11 is 0. The number of hydrogen-bond donors (Lipinski definition) is 6. The molecule has 5 aromatic rings. The van der Waals surface area contributed by atoms with Crippen LogP contribution in [-0.4, -0.2) is 52.2 Å². The number of rotatable bonds is 5. The summed E-state index contributed by atoms with van der Waals surface area (Å²) in [6.45, 7) is 0.849. The first-order valence-electron chi connectivity index (χ1n) is 13.5. The number of amides is 2. The fourth-order valence-electron chi connectivity index (χ4n) is 6.44. The lowest BCUT2D eigenvalue weighted by Crippen LogP contribution is -2.24. The van der Waals surface area contributed by atoms with Crippen LogP contribution in [0.2, 0.25) is 0 Å². The lowest BCUT2D eigenvalue weighted by molar-refractivity contribution is 0.0594. The number of nitrogens with one attached hydrogen (secondary N) is 6. The van der Waals surface area contributed by atoms with Crippen LogP contribution < -0.4 is 16.0 Å². The number of methoxy groups -OCH3 is 1. The summed E-state index contributed by atoms with van der Waals surface area (Å²) in [5.41, 5.74) is 5.81. The van der Waals surface area contributed by atoms with E-state index in [1.165, 1.54) is 7.11 Å². The molecule has 6 N–H and O–H groups in total. The minimum atomic E-state index is -0.471. The highest BCUT2D eigenvalue weighted by atomic mass is 16.5. The van der Waals surface area contributed by atoms with Gasteiger partial charge in [0.2, 0.25) is 5.78 Å². The molecule has 2 unspecified atom stereocenters. The number of anilines is 2. The van der Waals surface area contributed by atoms with Crippen molar-refractivity contribution >= 4 is 56.7 Å². The fraction of sp³-hybridized carbons (Fsp3) is 0.161. The molecule has 8 rings (SSSR count). The highest BCUT2D eigenvalue weighted by Gasteiger charge is 2.64. The van der Waals surface area contributed by atoms with Crippen molar-refractivity contribution in [1.82, 2.24) is 20.3 Å². The molecule has 0 radical (unpaired) electrons. The monoisotopic (exact) mass is 560 g/mol. The molecule has 0 bridgehead atoms. The summed E-state index contributed by atoms with van der Waals surface area (Å²) < 4.78 is 4.75. The Hall–Kier alpha value is -5.58. The first-order chi connectivity index (χ1) is 20.3. The molecule has 1 spiro atoms. The van der Waals surface area contributed by atoms with Gasteiger partial charge >= 0.3 is 5.97 Å². The van der Waals surface area contributed by atoms with Crippen LogP contribution in [-0.2, 0) is 10.2 Å². The predicted molar refractivity (Wildman–Crippen MR) is 155 cm³/mol. The average Bonchev–Trinajstić information content (AvgIpc) is 3.47. The number of fused-ring (bicyclic) bond motifs is 3. The van der Waals surface area contributed by atoms with Gasteiger partial charge in [-0.25, -0.2) is 4.79 Å². The van der Waals surface area contributed by atoms with Crippen molar-refractivity contribution in [3.8, 4) is 0 Å². The number of ketones is 1. The molecule has 2 amide bonds. The number of piperidine rings is 1. The minimum Gasteiger partial charge on any atom is -0.464 e. The number of ether oxygens (including phenoxy) is 1. The lowest BCUT2D eigenvalue weighted by atomic mass is 9.86. The Morgan fingerprint density at radius 3 is 2.10 bits per heavy atom. The second-order valence-corrected chi connectivity index (χ2v) is 11.0. The summed E-state index contributed by atoms with van der Waals surface area (Å²) in [6.07, 6.45) is 2.64. The Labute approximate surface area is 237 Å². The maximum Gasteiger partial charge on any atom is 0.354 e. The van der Waals surface area contributed by atoms with Crippen LogP contribution >= 0.6 is 0 Å². The summed E-state index contributed by atoms with van der Waals surface area (Å²) in [5.74, 6) is -0.819. The van der Waals surface area contributed by atoms with Crippen molar-refractivity contribution in [2.24, 2.45) is 5.92 Å². The van der Waals surface area contributed by atoms with E-state index in [0.29, 0.717) is 40.1 Å². The third-order valence-electron chi connectivity index (χ3n) is 8.60. The molecule has 2 fully saturated rings. The van der Waals surface area contributed by atoms with Crippen molar-refractivity contribution in [2.45, 2.75) is 11.8 Å². The SMILES string of the molecule is COC(=O)c1cc2cc(NC(=O)c3cc4cc(NC(=O)c5cc6c([nH]5)C(=O)C=C5NCC7CC567)ccc4[nH]3)ccc2[nH]1. The van der Waals surface area contributed by atoms with E-state index >= 15 is 0 Å². The van der Waals surface area contributed by atoms with E-state index in [2.05, 4.69) is 30.9 Å². The van der Waals surface area contributed by atoms with Crippen LogP contribution in [0, 0.1) is 5.92 Å². The van der Waals surface area contributed by atoms with Gasteiger partial charge in [0.15, 0.2) is 0 Å². The molecule has 3 aromatic heterocycles. The van der Waals surface area contributed by atoms with Gasteiger partial charge in [-0.05, 0) is 72.5 Å². The third-order valence-corrected chi connectivity index (χ3v) is 8.60. The topological polar surface area (TPSA) is 161 Å². The van der Waals surface area contributed by atoms with Crippen LogP contribution in [0.5, 0.6) is 0 Å². The second-order valence-electron chi connectivity index (χ2n) is 11.0. The maximum atomic E-state index is 13.2. The molecule has 3 aliphatic rings. The highest BCUT2D eigenvalue weighted by Crippen LogP contribution is 2.63. The third kappa shape index (κ3) is 3.53. The quantitative estimate of drug-likeness (QED) is 0.177. The first kappa shape index (κ1) is 24.2. The normalized spacial score (nSPS) is 19.9. The van der Waals surface area contributed by atoms with E-state index in [1.807, 2.05) is 0 Å². The van der Waals surface area contributed by atoms with Gasteiger partial charge in [-0.2, -0.15) is 0 Å². The summed E-state index contributed by atoms with van der Waals surface area (Å²) in [4.78, 5) is 59.8. The second kappa shape index (κ2) is 8.46. The van der Waals surface area contributed by atoms with Crippen LogP contribution in [0.1, 0.15) is 53.9 Å². The molecule has 1 saturated heterocycles. The minimum absolute atomic E-state index is 0.122. The molecule has 2 atom stereocenters. The summed E-state index contributed by atoms with van der Waals surface area (Å²) in [6, 6.07) is 15.8. The van der Waals surface area contributed by atoms with Crippen molar-refractivity contribution in [2.75, 3.05) is 24.3 Å². The largest absolute Gasteiger partial charge is 0.464 e. The molecule has 4 heterocycles. The Kier molecular flexibility index (Phi) is 4.88. The number of allylic oxidation sites excluding steroid dienone is 2. The zero-order valence-corrected chi connectivity index (χ0v) is 22.3. The molecule has 1 aliphatic heterocycles. The van der Waals surface area contributed by atoms with Gasteiger partial charge in [0.05, 0.1) is 12.8 Å². The molecular weight excluding hydrogens is 536 g/mol. The fourth-order valence-corrected chi connectivity index (χ4v) is 6.44. The highest BCUT2D eigenvalue weighted by molar-refractivity contribution is 6.11. The smallest absolute Gasteiger partial charge is 0.354 e. The van der Waals surface area contributed by atoms with E-state index in [0.717, 1.165) is 46.0 Å². The van der Waals surface area contributed by atoms with Crippen LogP contribution in [0.25, 0.3) is 21.8 Å². The van der Waals surface area contributed by atoms with Crippen LogP contribution in [0.3, 0.4) is 0 Å². The Bertz CT molecular complexity index is 2060. The number of hydrogen-bond acceptors (Lipinski definition) is 6. The Morgan fingerprint density at radius 2 is 1.45 bits per heavy atom. The Morgan fingerprint density at radius 1 is 0.833 bits per heavy atom. The number of esters is 1. The standard InChI is InChI=1S/C31H24N6O5/c1-42-30(41)24-9-15-7-18(3-5-21(15)36-24)33-28(39)22-8-14-6-17(2-4-20(14)35-22)34-29(40)23-10-19-27(37-23)25(38)11-26-31(19)12-16(31)13-32-26/h2-11,16,32,35-37H,12-13H2,1H3,(H,33,39)(H,34,40). The van der Waals surface area contributed by atoms with Gasteiger partial charge < -0.3 is 35.6 Å². The van der Waals surface area contributed by atoms with Gasteiger partial charge in [-0.15, -0.1) is 0 Å². The molecule has 11 nitrogen and oxygen atoms in total. The summed E-state index contributed by atoms with van der Waals surface area (Å²) in [7, 11) is 1.31. The van der Waals surface area contributed by atoms with Crippen molar-refractivity contribution < 1.29 is 23.9 Å². The summed E-state index contributed by atoms with van der Waals surface area (Å²) in [5, 5.41) is 10.6. The van der Waals surface area contributed by atoms with Gasteiger partial charge in [0, 0.05) is 56.9 Å². The van der Waals surface area contributed by atoms with Gasteiger partial charge in [-0.1, -0.05) is 0 Å². The predicted octanol–water partition coefficient (Wildman–Crippen LogP) is 4.21. The molecule has 11 heteroatoms. The van der Waals surface area contributed by atoms with Crippen molar-refractivity contribution in [3.63, 3.8) is 0 Å². The lowest BCUT2D eigenvalue weighted by Gasteiger charge is -2.20. The maximum absolute atomic E-state index is 13.2. The zero-order chi connectivity index (χ0) is 28.7. The van der Waals surface area contributed by atoms with Gasteiger partial charge in [-0.3, -0.25) is 14.4 Å². The Balaban J connectivity index is 0.994. The average molecular weight is 561 g/mol. The number of aromatic amines is 3.